The van der Waals surface area contributed by atoms with E-state index in [1.807, 2.05) is 0 Å². The lowest BCUT2D eigenvalue weighted by atomic mass is 9.69. The fourth-order valence-electron chi connectivity index (χ4n) is 3.96. The van der Waals surface area contributed by atoms with Crippen molar-refractivity contribution >= 4 is 27.8 Å². The standard InChI is InChI=1S/C18H21BrN2O5/c1-24-11-18-8-17(9-18,10-25-18)20-7-12-5-14(19)16(6-15(12)21(22)23)26-13-3-2-4-13/h5-7,13H,2-4,8-11H2,1H3/b20-7+. The fourth-order valence-corrected chi connectivity index (χ4v) is 4.41. The predicted octanol–water partition coefficient (Wildman–Crippen LogP) is 3.66. The van der Waals surface area contributed by atoms with Gasteiger partial charge < -0.3 is 14.2 Å². The van der Waals surface area contributed by atoms with Crippen LogP contribution < -0.4 is 4.74 Å². The Bertz CT molecular complexity index is 756. The highest BCUT2D eigenvalue weighted by Crippen LogP contribution is 2.54. The van der Waals surface area contributed by atoms with Gasteiger partial charge in [-0.2, -0.15) is 0 Å². The second-order valence-electron chi connectivity index (χ2n) is 7.51. The van der Waals surface area contributed by atoms with Gasteiger partial charge in [0.05, 0.1) is 51.5 Å². The predicted molar refractivity (Wildman–Crippen MR) is 99.2 cm³/mol. The van der Waals surface area contributed by atoms with Crippen LogP contribution in [-0.2, 0) is 9.47 Å². The van der Waals surface area contributed by atoms with Crippen LogP contribution in [-0.4, -0.2) is 48.7 Å². The van der Waals surface area contributed by atoms with Crippen molar-refractivity contribution in [2.45, 2.75) is 49.3 Å². The highest BCUT2D eigenvalue weighted by atomic mass is 79.9. The molecule has 8 heteroatoms. The molecule has 2 heterocycles. The topological polar surface area (TPSA) is 83.2 Å². The van der Waals surface area contributed by atoms with Gasteiger partial charge in [0.2, 0.25) is 0 Å². The van der Waals surface area contributed by atoms with E-state index >= 15 is 0 Å². The molecule has 2 saturated heterocycles. The summed E-state index contributed by atoms with van der Waals surface area (Å²) in [5, 5.41) is 11.5. The number of rotatable bonds is 7. The lowest BCUT2D eigenvalue weighted by Gasteiger charge is -2.41. The first kappa shape index (κ1) is 17.9. The number of halogens is 1. The highest BCUT2D eigenvalue weighted by Gasteiger charge is 2.62. The van der Waals surface area contributed by atoms with E-state index in [1.54, 1.807) is 19.4 Å². The summed E-state index contributed by atoms with van der Waals surface area (Å²) in [6.45, 7) is 1.09. The normalized spacial score (nSPS) is 30.2. The quantitative estimate of drug-likeness (QED) is 0.378. The molecule has 0 atom stereocenters. The number of aliphatic imine (C=N–C) groups is 1. The van der Waals surface area contributed by atoms with Crippen molar-refractivity contribution in [2.24, 2.45) is 4.99 Å². The molecule has 0 radical (unpaired) electrons. The lowest BCUT2D eigenvalue weighted by molar-refractivity contribution is -0.385. The van der Waals surface area contributed by atoms with Crippen molar-refractivity contribution in [2.75, 3.05) is 20.3 Å². The molecular weight excluding hydrogens is 404 g/mol. The minimum Gasteiger partial charge on any atom is -0.489 e. The van der Waals surface area contributed by atoms with Gasteiger partial charge in [0.25, 0.3) is 5.69 Å². The smallest absolute Gasteiger partial charge is 0.281 e. The molecule has 4 fully saturated rings. The number of nitro groups is 1. The molecule has 2 saturated carbocycles. The number of benzene rings is 1. The summed E-state index contributed by atoms with van der Waals surface area (Å²) >= 11 is 3.47. The van der Waals surface area contributed by atoms with Crippen LogP contribution in [0, 0.1) is 10.1 Å². The van der Waals surface area contributed by atoms with Crippen LogP contribution in [0.5, 0.6) is 5.75 Å². The second-order valence-corrected chi connectivity index (χ2v) is 8.36. The van der Waals surface area contributed by atoms with Crippen LogP contribution in [0.3, 0.4) is 0 Å². The Morgan fingerprint density at radius 3 is 2.85 bits per heavy atom. The molecule has 0 spiro atoms. The minimum atomic E-state index is -0.389. The third-order valence-corrected chi connectivity index (χ3v) is 6.08. The fraction of sp³-hybridized carbons (Fsp3) is 0.611. The first-order chi connectivity index (χ1) is 12.4. The molecule has 4 aliphatic rings. The van der Waals surface area contributed by atoms with Gasteiger partial charge in [-0.1, -0.05) is 0 Å². The molecular formula is C18H21BrN2O5. The Kier molecular flexibility index (Phi) is 4.53. The SMILES string of the molecule is COCC12CC(/N=C/c3cc(Br)c(OC4CCC4)cc3[N+](=O)[O-])(CO1)C2. The van der Waals surface area contributed by atoms with Crippen molar-refractivity contribution in [3.8, 4) is 5.75 Å². The van der Waals surface area contributed by atoms with Crippen molar-refractivity contribution in [3.05, 3.63) is 32.3 Å². The highest BCUT2D eigenvalue weighted by molar-refractivity contribution is 9.10. The van der Waals surface area contributed by atoms with Crippen LogP contribution in [0.2, 0.25) is 0 Å². The third-order valence-electron chi connectivity index (χ3n) is 5.46. The van der Waals surface area contributed by atoms with Gasteiger partial charge in [-0.05, 0) is 41.3 Å². The summed E-state index contributed by atoms with van der Waals surface area (Å²) < 4.78 is 17.6. The molecule has 26 heavy (non-hydrogen) atoms. The largest absolute Gasteiger partial charge is 0.489 e. The molecule has 5 rings (SSSR count). The van der Waals surface area contributed by atoms with Gasteiger partial charge >= 0.3 is 0 Å². The number of hydrogen-bond donors (Lipinski definition) is 0. The Morgan fingerprint density at radius 2 is 2.23 bits per heavy atom. The van der Waals surface area contributed by atoms with Gasteiger partial charge in [0.15, 0.2) is 0 Å². The van der Waals surface area contributed by atoms with E-state index in [0.29, 0.717) is 29.0 Å². The van der Waals surface area contributed by atoms with Crippen molar-refractivity contribution < 1.29 is 19.1 Å². The van der Waals surface area contributed by atoms with Crippen molar-refractivity contribution in [3.63, 3.8) is 0 Å². The van der Waals surface area contributed by atoms with Crippen LogP contribution in [0.25, 0.3) is 0 Å². The molecule has 0 aromatic heterocycles. The zero-order valence-electron chi connectivity index (χ0n) is 14.6. The summed E-state index contributed by atoms with van der Waals surface area (Å²) in [5.41, 5.74) is -0.0311. The Morgan fingerprint density at radius 1 is 1.46 bits per heavy atom. The Hall–Kier alpha value is -1.51. The summed E-state index contributed by atoms with van der Waals surface area (Å²) in [6.07, 6.45) is 6.48. The van der Waals surface area contributed by atoms with Crippen LogP contribution in [0.1, 0.15) is 37.7 Å². The number of fused-ring (bicyclic) bond motifs is 1. The molecule has 0 unspecified atom stereocenters. The average molecular weight is 425 g/mol. The van der Waals surface area contributed by atoms with Crippen LogP contribution >= 0.6 is 15.9 Å². The van der Waals surface area contributed by atoms with Crippen molar-refractivity contribution in [1.82, 2.24) is 0 Å². The molecule has 1 aromatic rings. The number of hydrogen-bond acceptors (Lipinski definition) is 6. The van der Waals surface area contributed by atoms with Crippen LogP contribution in [0.4, 0.5) is 5.69 Å². The molecule has 0 N–H and O–H groups in total. The van der Waals surface area contributed by atoms with Gasteiger partial charge in [-0.3, -0.25) is 15.1 Å². The maximum Gasteiger partial charge on any atom is 0.281 e. The van der Waals surface area contributed by atoms with E-state index in [1.165, 1.54) is 6.07 Å². The molecule has 1 aromatic carbocycles. The van der Waals surface area contributed by atoms with E-state index in [9.17, 15) is 10.1 Å². The first-order valence-electron chi connectivity index (χ1n) is 8.77. The molecule has 2 bridgehead atoms. The van der Waals surface area contributed by atoms with E-state index in [0.717, 1.165) is 32.1 Å². The summed E-state index contributed by atoms with van der Waals surface area (Å²) in [4.78, 5) is 15.8. The van der Waals surface area contributed by atoms with Gasteiger partial charge in [0.1, 0.15) is 5.75 Å². The van der Waals surface area contributed by atoms with Crippen molar-refractivity contribution in [1.29, 1.82) is 0 Å². The van der Waals surface area contributed by atoms with E-state index in [4.69, 9.17) is 14.2 Å². The van der Waals surface area contributed by atoms with E-state index in [2.05, 4.69) is 20.9 Å². The molecule has 2 aliphatic heterocycles. The first-order valence-corrected chi connectivity index (χ1v) is 9.56. The number of nitro benzene ring substituents is 1. The maximum absolute atomic E-state index is 11.5. The van der Waals surface area contributed by atoms with Gasteiger partial charge in [-0.25, -0.2) is 0 Å². The van der Waals surface area contributed by atoms with Crippen LogP contribution in [0.15, 0.2) is 21.6 Å². The third kappa shape index (κ3) is 3.14. The molecule has 2 aliphatic carbocycles. The van der Waals surface area contributed by atoms with E-state index in [-0.39, 0.29) is 27.9 Å². The molecule has 7 nitrogen and oxygen atoms in total. The number of ether oxygens (including phenoxy) is 3. The lowest BCUT2D eigenvalue weighted by Crippen LogP contribution is -2.50. The zero-order chi connectivity index (χ0) is 18.4. The summed E-state index contributed by atoms with van der Waals surface area (Å²) in [7, 11) is 1.66. The minimum absolute atomic E-state index is 0.00377. The maximum atomic E-state index is 11.5. The second kappa shape index (κ2) is 6.58. The zero-order valence-corrected chi connectivity index (χ0v) is 16.2. The van der Waals surface area contributed by atoms with Gasteiger partial charge in [0, 0.05) is 26.2 Å². The van der Waals surface area contributed by atoms with Gasteiger partial charge in [-0.15, -0.1) is 0 Å². The average Bonchev–Trinajstić information content (AvgIpc) is 3.05. The number of nitrogens with zero attached hydrogens (tertiary/aromatic N) is 2. The number of methoxy groups -OCH3 is 1. The monoisotopic (exact) mass is 424 g/mol. The molecule has 0 amide bonds. The Balaban J connectivity index is 1.54. The summed E-state index contributed by atoms with van der Waals surface area (Å²) in [5.74, 6) is 0.517. The summed E-state index contributed by atoms with van der Waals surface area (Å²) in [6, 6.07) is 3.20. The molecule has 140 valence electrons. The Labute approximate surface area is 160 Å². The van der Waals surface area contributed by atoms with E-state index < -0.39 is 0 Å².